The Kier molecular flexibility index (Phi) is 8.88. The smallest absolute Gasteiger partial charge is 0.326 e. The van der Waals surface area contributed by atoms with Gasteiger partial charge in [0.2, 0.25) is 17.7 Å². The number of thioether (sulfide) groups is 1. The van der Waals surface area contributed by atoms with E-state index in [2.05, 4.69) is 15.6 Å². The molecule has 1 aromatic heterocycles. The van der Waals surface area contributed by atoms with Gasteiger partial charge in [-0.1, -0.05) is 18.2 Å². The summed E-state index contributed by atoms with van der Waals surface area (Å²) in [6.07, 6.45) is 3.60. The summed E-state index contributed by atoms with van der Waals surface area (Å²) < 4.78 is 0. The van der Waals surface area contributed by atoms with Crippen LogP contribution in [0.5, 0.6) is 0 Å². The molecule has 3 amide bonds. The van der Waals surface area contributed by atoms with Crippen molar-refractivity contribution in [2.24, 2.45) is 11.5 Å². The number of carboxylic acid groups (broad SMARTS) is 1. The van der Waals surface area contributed by atoms with Gasteiger partial charge in [0, 0.05) is 17.1 Å². The number of para-hydroxylation sites is 1. The minimum absolute atomic E-state index is 0.256. The van der Waals surface area contributed by atoms with Gasteiger partial charge in [-0.05, 0) is 36.5 Å². The van der Waals surface area contributed by atoms with Crippen LogP contribution in [0.4, 0.5) is 0 Å². The molecule has 0 fully saturated rings. The number of rotatable bonds is 12. The molecule has 3 atom stereocenters. The summed E-state index contributed by atoms with van der Waals surface area (Å²) in [6, 6.07) is 4.24. The Balaban J connectivity index is 2.05. The Hall–Kier alpha value is -3.05. The average molecular weight is 450 g/mol. The zero-order valence-electron chi connectivity index (χ0n) is 17.1. The molecule has 10 nitrogen and oxygen atoms in total. The van der Waals surface area contributed by atoms with Crippen LogP contribution in [-0.2, 0) is 25.6 Å². The zero-order valence-corrected chi connectivity index (χ0v) is 17.9. The first-order valence-corrected chi connectivity index (χ1v) is 11.0. The molecule has 0 aliphatic carbocycles. The monoisotopic (exact) mass is 449 g/mol. The van der Waals surface area contributed by atoms with Crippen LogP contribution in [0.15, 0.2) is 30.5 Å². The van der Waals surface area contributed by atoms with E-state index in [0.29, 0.717) is 5.75 Å². The Bertz CT molecular complexity index is 947. The molecule has 168 valence electrons. The van der Waals surface area contributed by atoms with E-state index in [4.69, 9.17) is 11.5 Å². The zero-order chi connectivity index (χ0) is 23.0. The van der Waals surface area contributed by atoms with E-state index in [1.165, 1.54) is 11.8 Å². The predicted octanol–water partition coefficient (Wildman–Crippen LogP) is -0.280. The second-order valence-corrected chi connectivity index (χ2v) is 8.07. The van der Waals surface area contributed by atoms with Crippen molar-refractivity contribution in [2.45, 2.75) is 37.4 Å². The molecule has 0 spiro atoms. The van der Waals surface area contributed by atoms with Crippen molar-refractivity contribution < 1.29 is 24.3 Å². The summed E-state index contributed by atoms with van der Waals surface area (Å²) in [6.45, 7) is 0. The van der Waals surface area contributed by atoms with Crippen LogP contribution < -0.4 is 22.1 Å². The third kappa shape index (κ3) is 7.00. The van der Waals surface area contributed by atoms with E-state index in [-0.39, 0.29) is 12.8 Å². The molecule has 11 heteroatoms. The van der Waals surface area contributed by atoms with Crippen LogP contribution in [0.2, 0.25) is 0 Å². The number of primary amides is 1. The molecule has 0 aliphatic rings. The number of carboxylic acids is 1. The first-order chi connectivity index (χ1) is 14.7. The lowest BCUT2D eigenvalue weighted by molar-refractivity contribution is -0.143. The van der Waals surface area contributed by atoms with Gasteiger partial charge in [-0.2, -0.15) is 11.8 Å². The molecule has 31 heavy (non-hydrogen) atoms. The number of hydrogen-bond acceptors (Lipinski definition) is 6. The molecular weight excluding hydrogens is 422 g/mol. The highest BCUT2D eigenvalue weighted by Crippen LogP contribution is 2.18. The van der Waals surface area contributed by atoms with E-state index in [0.717, 1.165) is 16.5 Å². The Labute approximate surface area is 183 Å². The highest BCUT2D eigenvalue weighted by molar-refractivity contribution is 7.98. The maximum absolute atomic E-state index is 12.7. The number of H-pyrrole nitrogens is 1. The molecule has 0 aliphatic heterocycles. The number of carbonyl (C=O) groups is 4. The fourth-order valence-electron chi connectivity index (χ4n) is 3.09. The number of benzene rings is 1. The maximum Gasteiger partial charge on any atom is 0.326 e. The summed E-state index contributed by atoms with van der Waals surface area (Å²) in [4.78, 5) is 50.7. The fraction of sp³-hybridized carbons (Fsp3) is 0.400. The third-order valence-corrected chi connectivity index (χ3v) is 5.36. The normalized spacial score (nSPS) is 13.9. The van der Waals surface area contributed by atoms with Gasteiger partial charge in [-0.3, -0.25) is 14.4 Å². The van der Waals surface area contributed by atoms with Gasteiger partial charge in [-0.25, -0.2) is 4.79 Å². The minimum Gasteiger partial charge on any atom is -0.480 e. The number of carbonyl (C=O) groups excluding carboxylic acids is 3. The number of aliphatic carboxylic acids is 1. The van der Waals surface area contributed by atoms with Crippen molar-refractivity contribution >= 4 is 46.4 Å². The van der Waals surface area contributed by atoms with Crippen LogP contribution >= 0.6 is 11.8 Å². The van der Waals surface area contributed by atoms with Gasteiger partial charge in [0.25, 0.3) is 0 Å². The van der Waals surface area contributed by atoms with Crippen LogP contribution in [-0.4, -0.2) is 63.9 Å². The standard InChI is InChI=1S/C20H27N5O5S/c1-31-7-6-15(19(28)25-16(20(29)30)9-17(22)26)24-18(27)13(21)8-11-10-23-14-5-3-2-4-12(11)14/h2-5,10,13,15-16,23H,6-9,21H2,1H3,(H2,22,26)(H,24,27)(H,25,28)(H,29,30)/t13-,15-,16-/m0/s1. The van der Waals surface area contributed by atoms with Gasteiger partial charge in [-0.15, -0.1) is 0 Å². The van der Waals surface area contributed by atoms with Crippen LogP contribution in [0.3, 0.4) is 0 Å². The van der Waals surface area contributed by atoms with Crippen molar-refractivity contribution in [3.05, 3.63) is 36.0 Å². The van der Waals surface area contributed by atoms with Crippen LogP contribution in [0.25, 0.3) is 10.9 Å². The molecule has 1 aromatic carbocycles. The SMILES string of the molecule is CSCC[C@H](NC(=O)[C@@H](N)Cc1c[nH]c2ccccc12)C(=O)N[C@@H](CC(N)=O)C(=O)O. The van der Waals surface area contributed by atoms with Crippen molar-refractivity contribution in [2.75, 3.05) is 12.0 Å². The topological polar surface area (TPSA) is 180 Å². The summed E-state index contributed by atoms with van der Waals surface area (Å²) in [5.41, 5.74) is 12.9. The van der Waals surface area contributed by atoms with E-state index >= 15 is 0 Å². The minimum atomic E-state index is -1.47. The van der Waals surface area contributed by atoms with E-state index < -0.39 is 48.2 Å². The largest absolute Gasteiger partial charge is 0.480 e. The molecule has 2 aromatic rings. The number of nitrogens with one attached hydrogen (secondary N) is 3. The Morgan fingerprint density at radius 3 is 2.45 bits per heavy atom. The summed E-state index contributed by atoms with van der Waals surface area (Å²) in [5.74, 6) is -2.95. The molecule has 2 rings (SSSR count). The number of hydrogen-bond donors (Lipinski definition) is 6. The summed E-state index contributed by atoms with van der Waals surface area (Å²) >= 11 is 1.47. The maximum atomic E-state index is 12.7. The first-order valence-electron chi connectivity index (χ1n) is 9.64. The lowest BCUT2D eigenvalue weighted by atomic mass is 10.0. The third-order valence-electron chi connectivity index (χ3n) is 4.72. The highest BCUT2D eigenvalue weighted by Gasteiger charge is 2.28. The average Bonchev–Trinajstić information content (AvgIpc) is 3.12. The number of amides is 3. The molecule has 0 unspecified atom stereocenters. The fourth-order valence-corrected chi connectivity index (χ4v) is 3.56. The van der Waals surface area contributed by atoms with Gasteiger partial charge in [0.05, 0.1) is 12.5 Å². The number of aromatic amines is 1. The molecule has 8 N–H and O–H groups in total. The molecule has 0 saturated carbocycles. The van der Waals surface area contributed by atoms with Crippen LogP contribution in [0, 0.1) is 0 Å². The Morgan fingerprint density at radius 2 is 1.81 bits per heavy atom. The van der Waals surface area contributed by atoms with Crippen molar-refractivity contribution in [3.63, 3.8) is 0 Å². The van der Waals surface area contributed by atoms with Gasteiger partial charge in [0.15, 0.2) is 0 Å². The van der Waals surface area contributed by atoms with E-state index in [9.17, 15) is 24.3 Å². The number of nitrogens with two attached hydrogens (primary N) is 2. The predicted molar refractivity (Wildman–Crippen MR) is 118 cm³/mol. The van der Waals surface area contributed by atoms with Crippen molar-refractivity contribution in [1.82, 2.24) is 15.6 Å². The summed E-state index contributed by atoms with van der Waals surface area (Å²) in [5, 5.41) is 15.0. The first kappa shape index (κ1) is 24.2. The second-order valence-electron chi connectivity index (χ2n) is 7.08. The quantitative estimate of drug-likeness (QED) is 0.258. The van der Waals surface area contributed by atoms with Crippen molar-refractivity contribution in [3.8, 4) is 0 Å². The van der Waals surface area contributed by atoms with Crippen LogP contribution in [0.1, 0.15) is 18.4 Å². The summed E-state index contributed by atoms with van der Waals surface area (Å²) in [7, 11) is 0. The molecule has 0 radical (unpaired) electrons. The second kappa shape index (κ2) is 11.4. The molecular formula is C20H27N5O5S. The van der Waals surface area contributed by atoms with Gasteiger partial charge < -0.3 is 32.2 Å². The van der Waals surface area contributed by atoms with E-state index in [1.807, 2.05) is 30.5 Å². The lowest BCUT2D eigenvalue weighted by Gasteiger charge is -2.22. The van der Waals surface area contributed by atoms with E-state index in [1.54, 1.807) is 6.20 Å². The number of fused-ring (bicyclic) bond motifs is 1. The highest BCUT2D eigenvalue weighted by atomic mass is 32.2. The van der Waals surface area contributed by atoms with Crippen molar-refractivity contribution in [1.29, 1.82) is 0 Å². The molecule has 1 heterocycles. The molecule has 0 bridgehead atoms. The Morgan fingerprint density at radius 1 is 1.13 bits per heavy atom. The lowest BCUT2D eigenvalue weighted by Crippen LogP contribution is -2.55. The van der Waals surface area contributed by atoms with Gasteiger partial charge in [0.1, 0.15) is 12.1 Å². The molecule has 0 saturated heterocycles. The van der Waals surface area contributed by atoms with Gasteiger partial charge >= 0.3 is 5.97 Å². The number of aromatic nitrogens is 1.